The first-order chi connectivity index (χ1) is 9.88. The zero-order valence-corrected chi connectivity index (χ0v) is 13.4. The molecule has 1 amide bonds. The molecule has 0 aliphatic heterocycles. The van der Waals surface area contributed by atoms with E-state index in [1.54, 1.807) is 26.2 Å². The molecule has 6 nitrogen and oxygen atoms in total. The number of methoxy groups -OCH3 is 1. The molecule has 0 aliphatic rings. The number of aliphatic hydroxyl groups is 1. The van der Waals surface area contributed by atoms with Crippen molar-refractivity contribution in [1.29, 1.82) is 0 Å². The number of hydrogen-bond acceptors (Lipinski definition) is 5. The number of carbonyl (C=O) groups excluding carboxylic acids is 1. The maximum atomic E-state index is 12.4. The molecular weight excluding hydrogens is 270 g/mol. The number of nitrogens with one attached hydrogen (secondary N) is 1. The first kappa shape index (κ1) is 17.4. The normalized spacial score (nSPS) is 12.3. The van der Waals surface area contributed by atoms with E-state index in [4.69, 9.17) is 4.74 Å². The molecule has 0 saturated heterocycles. The average molecular weight is 295 g/mol. The Balaban J connectivity index is 2.92. The highest BCUT2D eigenvalue weighted by molar-refractivity contribution is 5.94. The number of ether oxygens (including phenoxy) is 1. The number of rotatable bonds is 7. The van der Waals surface area contributed by atoms with Crippen LogP contribution in [-0.4, -0.2) is 61.4 Å². The van der Waals surface area contributed by atoms with Crippen molar-refractivity contribution in [3.05, 3.63) is 23.4 Å². The molecule has 1 aromatic heterocycles. The van der Waals surface area contributed by atoms with Crippen LogP contribution in [0.4, 0.5) is 5.82 Å². The maximum Gasteiger partial charge on any atom is 0.253 e. The van der Waals surface area contributed by atoms with Gasteiger partial charge in [0, 0.05) is 39.0 Å². The van der Waals surface area contributed by atoms with Gasteiger partial charge in [-0.3, -0.25) is 4.79 Å². The Morgan fingerprint density at radius 1 is 1.48 bits per heavy atom. The minimum absolute atomic E-state index is 0.147. The molecule has 21 heavy (non-hydrogen) atoms. The smallest absolute Gasteiger partial charge is 0.253 e. The second kappa shape index (κ2) is 7.95. The van der Waals surface area contributed by atoms with E-state index in [0.29, 0.717) is 11.4 Å². The molecule has 1 rings (SSSR count). The second-order valence-electron chi connectivity index (χ2n) is 5.37. The molecule has 0 saturated carbocycles. The molecule has 1 heterocycles. The van der Waals surface area contributed by atoms with Crippen molar-refractivity contribution < 1.29 is 14.6 Å². The maximum absolute atomic E-state index is 12.4. The van der Waals surface area contributed by atoms with Gasteiger partial charge in [-0.2, -0.15) is 0 Å². The zero-order chi connectivity index (χ0) is 16.0. The molecule has 118 valence electrons. The van der Waals surface area contributed by atoms with E-state index in [1.807, 2.05) is 13.8 Å². The van der Waals surface area contributed by atoms with Gasteiger partial charge in [0.05, 0.1) is 12.7 Å². The van der Waals surface area contributed by atoms with Gasteiger partial charge >= 0.3 is 0 Å². The Hall–Kier alpha value is -1.66. The number of carbonyl (C=O) groups is 1. The van der Waals surface area contributed by atoms with Crippen LogP contribution in [0.5, 0.6) is 0 Å². The van der Waals surface area contributed by atoms with Gasteiger partial charge in [0.1, 0.15) is 5.82 Å². The summed E-state index contributed by atoms with van der Waals surface area (Å²) in [6.07, 6.45) is -0.695. The quantitative estimate of drug-likeness (QED) is 0.793. The van der Waals surface area contributed by atoms with Crippen LogP contribution in [0, 0.1) is 0 Å². The van der Waals surface area contributed by atoms with Crippen molar-refractivity contribution in [1.82, 2.24) is 9.88 Å². The van der Waals surface area contributed by atoms with Crippen LogP contribution < -0.4 is 5.32 Å². The highest BCUT2D eigenvalue weighted by atomic mass is 16.5. The Bertz CT molecular complexity index is 477. The van der Waals surface area contributed by atoms with Crippen LogP contribution in [-0.2, 0) is 4.74 Å². The molecule has 1 unspecified atom stereocenters. The summed E-state index contributed by atoms with van der Waals surface area (Å²) >= 11 is 0. The summed E-state index contributed by atoms with van der Waals surface area (Å²) in [6.45, 7) is 4.48. The van der Waals surface area contributed by atoms with Crippen molar-refractivity contribution >= 4 is 11.7 Å². The summed E-state index contributed by atoms with van der Waals surface area (Å²) < 4.78 is 4.87. The number of anilines is 1. The lowest BCUT2D eigenvalue weighted by Gasteiger charge is -2.21. The third-order valence-electron chi connectivity index (χ3n) is 3.13. The lowest BCUT2D eigenvalue weighted by atomic mass is 10.1. The first-order valence-corrected chi connectivity index (χ1v) is 7.01. The Morgan fingerprint density at radius 2 is 2.14 bits per heavy atom. The van der Waals surface area contributed by atoms with Crippen LogP contribution in [0.3, 0.4) is 0 Å². The van der Waals surface area contributed by atoms with Crippen LogP contribution >= 0.6 is 0 Å². The number of likely N-dealkylation sites (N-methyl/N-ethyl adjacent to an activating group) is 1. The first-order valence-electron chi connectivity index (χ1n) is 7.01. The molecule has 1 aromatic rings. The third kappa shape index (κ3) is 4.99. The molecule has 0 fully saturated rings. The van der Waals surface area contributed by atoms with E-state index in [-0.39, 0.29) is 25.0 Å². The monoisotopic (exact) mass is 295 g/mol. The molecule has 0 spiro atoms. The lowest BCUT2D eigenvalue weighted by Crippen LogP contribution is -2.36. The van der Waals surface area contributed by atoms with E-state index in [0.717, 1.165) is 5.69 Å². The number of hydrogen-bond donors (Lipinski definition) is 2. The SMILES string of the molecule is CNc1cc(C(=O)N(C)CC(O)COC)cc(C(C)C)n1. The number of pyridine rings is 1. The topological polar surface area (TPSA) is 74.7 Å². The van der Waals surface area contributed by atoms with E-state index in [9.17, 15) is 9.90 Å². The van der Waals surface area contributed by atoms with Gasteiger partial charge in [-0.25, -0.2) is 4.98 Å². The average Bonchev–Trinajstić information content (AvgIpc) is 2.45. The van der Waals surface area contributed by atoms with E-state index in [1.165, 1.54) is 12.0 Å². The second-order valence-corrected chi connectivity index (χ2v) is 5.37. The van der Waals surface area contributed by atoms with Crippen LogP contribution in [0.1, 0.15) is 35.8 Å². The van der Waals surface area contributed by atoms with Gasteiger partial charge in [-0.1, -0.05) is 13.8 Å². The van der Waals surface area contributed by atoms with Crippen molar-refractivity contribution in [3.63, 3.8) is 0 Å². The molecule has 0 radical (unpaired) electrons. The fourth-order valence-corrected chi connectivity index (χ4v) is 1.96. The largest absolute Gasteiger partial charge is 0.389 e. The van der Waals surface area contributed by atoms with Crippen LogP contribution in [0.15, 0.2) is 12.1 Å². The molecule has 0 aliphatic carbocycles. The van der Waals surface area contributed by atoms with E-state index >= 15 is 0 Å². The summed E-state index contributed by atoms with van der Waals surface area (Å²) in [6, 6.07) is 3.51. The fraction of sp³-hybridized carbons (Fsp3) is 0.600. The van der Waals surface area contributed by atoms with Crippen LogP contribution in [0.2, 0.25) is 0 Å². The van der Waals surface area contributed by atoms with Gasteiger partial charge in [-0.05, 0) is 18.1 Å². The number of aliphatic hydroxyl groups excluding tert-OH is 1. The van der Waals surface area contributed by atoms with Crippen molar-refractivity contribution in [2.75, 3.05) is 39.7 Å². The van der Waals surface area contributed by atoms with Gasteiger partial charge < -0.3 is 20.1 Å². The van der Waals surface area contributed by atoms with Crippen LogP contribution in [0.25, 0.3) is 0 Å². The molecule has 6 heteroatoms. The minimum atomic E-state index is -0.695. The highest BCUT2D eigenvalue weighted by Gasteiger charge is 2.17. The Labute approximate surface area is 126 Å². The summed E-state index contributed by atoms with van der Waals surface area (Å²) in [5, 5.41) is 12.7. The Kier molecular flexibility index (Phi) is 6.58. The van der Waals surface area contributed by atoms with E-state index in [2.05, 4.69) is 10.3 Å². The summed E-state index contributed by atoms with van der Waals surface area (Å²) in [7, 11) is 4.95. The van der Waals surface area contributed by atoms with Gasteiger partial charge in [0.15, 0.2) is 0 Å². The summed E-state index contributed by atoms with van der Waals surface area (Å²) in [5.74, 6) is 0.746. The number of nitrogens with zero attached hydrogens (tertiary/aromatic N) is 2. The Morgan fingerprint density at radius 3 is 2.67 bits per heavy atom. The molecule has 0 aromatic carbocycles. The molecule has 0 bridgehead atoms. The zero-order valence-electron chi connectivity index (χ0n) is 13.4. The number of amides is 1. The molecular formula is C15H25N3O3. The van der Waals surface area contributed by atoms with Crippen molar-refractivity contribution in [3.8, 4) is 0 Å². The van der Waals surface area contributed by atoms with Crippen molar-refractivity contribution in [2.24, 2.45) is 0 Å². The van der Waals surface area contributed by atoms with Crippen molar-refractivity contribution in [2.45, 2.75) is 25.9 Å². The standard InChI is InChI=1S/C15H25N3O3/c1-10(2)13-6-11(7-14(16-3)17-13)15(20)18(4)8-12(19)9-21-5/h6-7,10,12,19H,8-9H2,1-5H3,(H,16,17). The van der Waals surface area contributed by atoms with Gasteiger partial charge in [-0.15, -0.1) is 0 Å². The van der Waals surface area contributed by atoms with E-state index < -0.39 is 6.10 Å². The predicted octanol–water partition coefficient (Wildman–Crippen LogP) is 1.33. The number of aromatic nitrogens is 1. The predicted molar refractivity (Wildman–Crippen MR) is 82.7 cm³/mol. The summed E-state index contributed by atoms with van der Waals surface area (Å²) in [5.41, 5.74) is 1.42. The third-order valence-corrected chi connectivity index (χ3v) is 3.13. The lowest BCUT2D eigenvalue weighted by molar-refractivity contribution is 0.0380. The van der Waals surface area contributed by atoms with Gasteiger partial charge in [0.25, 0.3) is 5.91 Å². The molecule has 1 atom stereocenters. The van der Waals surface area contributed by atoms with Gasteiger partial charge in [0.2, 0.25) is 0 Å². The molecule has 2 N–H and O–H groups in total. The fourth-order valence-electron chi connectivity index (χ4n) is 1.96. The summed E-state index contributed by atoms with van der Waals surface area (Å²) in [4.78, 5) is 18.4. The minimum Gasteiger partial charge on any atom is -0.389 e. The highest BCUT2D eigenvalue weighted by Crippen LogP contribution is 2.18.